The molecule has 1 saturated heterocycles. The fourth-order valence-electron chi connectivity index (χ4n) is 2.23. The van der Waals surface area contributed by atoms with Crippen LogP contribution in [-0.4, -0.2) is 58.6 Å². The molecule has 0 bridgehead atoms. The molecule has 0 aliphatic carbocycles. The van der Waals surface area contributed by atoms with Crippen molar-refractivity contribution in [2.45, 2.75) is 18.9 Å². The molecule has 7 heteroatoms. The number of amidine groups is 1. The first-order valence-electron chi connectivity index (χ1n) is 7.96. The predicted octanol–water partition coefficient (Wildman–Crippen LogP) is 1.62. The second kappa shape index (κ2) is 9.89. The average molecular weight is 336 g/mol. The molecule has 1 heterocycles. The van der Waals surface area contributed by atoms with Crippen LogP contribution < -0.4 is 10.1 Å². The minimum absolute atomic E-state index is 0.0870. The summed E-state index contributed by atoms with van der Waals surface area (Å²) in [6, 6.07) is 7.00. The lowest BCUT2D eigenvalue weighted by atomic mass is 10.2. The van der Waals surface area contributed by atoms with Crippen molar-refractivity contribution in [3.63, 3.8) is 0 Å². The van der Waals surface area contributed by atoms with Gasteiger partial charge >= 0.3 is 0 Å². The summed E-state index contributed by atoms with van der Waals surface area (Å²) in [6.45, 7) is 1.95. The molecule has 0 aromatic heterocycles. The van der Waals surface area contributed by atoms with E-state index in [9.17, 15) is 4.79 Å². The van der Waals surface area contributed by atoms with E-state index in [1.807, 2.05) is 0 Å². The zero-order chi connectivity index (χ0) is 17.2. The Hall–Kier alpha value is -2.12. The van der Waals surface area contributed by atoms with Crippen LogP contribution >= 0.6 is 0 Å². The molecule has 1 atom stereocenters. The zero-order valence-corrected chi connectivity index (χ0v) is 14.1. The van der Waals surface area contributed by atoms with Crippen molar-refractivity contribution in [2.24, 2.45) is 4.99 Å². The summed E-state index contributed by atoms with van der Waals surface area (Å²) in [4.78, 5) is 16.6. The molecule has 1 aromatic rings. The number of methoxy groups -OCH3 is 2. The summed E-state index contributed by atoms with van der Waals surface area (Å²) >= 11 is 0. The Morgan fingerprint density at radius 1 is 1.29 bits per heavy atom. The molecule has 0 saturated carbocycles. The first-order chi connectivity index (χ1) is 11.7. The first kappa shape index (κ1) is 18.2. The van der Waals surface area contributed by atoms with E-state index in [-0.39, 0.29) is 18.0 Å². The third kappa shape index (κ3) is 5.82. The Morgan fingerprint density at radius 3 is 2.71 bits per heavy atom. The Bertz CT molecular complexity index is 538. The maximum Gasteiger partial charge on any atom is 0.291 e. The number of carbonyl (C=O) groups is 1. The molecule has 2 rings (SSSR count). The van der Waals surface area contributed by atoms with Gasteiger partial charge < -0.3 is 18.9 Å². The van der Waals surface area contributed by atoms with Crippen LogP contribution in [0.15, 0.2) is 29.3 Å². The second-order valence-corrected chi connectivity index (χ2v) is 5.30. The molecule has 132 valence electrons. The minimum Gasteiger partial charge on any atom is -0.497 e. The normalized spacial score (nSPS) is 17.6. The van der Waals surface area contributed by atoms with Crippen molar-refractivity contribution < 1.29 is 23.7 Å². The van der Waals surface area contributed by atoms with E-state index in [1.165, 1.54) is 0 Å². The number of benzene rings is 1. The van der Waals surface area contributed by atoms with Crippen molar-refractivity contribution in [3.8, 4) is 5.75 Å². The van der Waals surface area contributed by atoms with Crippen LogP contribution in [0, 0.1) is 0 Å². The van der Waals surface area contributed by atoms with Crippen LogP contribution in [0.5, 0.6) is 5.75 Å². The van der Waals surface area contributed by atoms with Crippen LogP contribution in [-0.2, 0) is 14.2 Å². The minimum atomic E-state index is -0.291. The Labute approximate surface area is 142 Å². The number of rotatable bonds is 7. The average Bonchev–Trinajstić information content (AvgIpc) is 3.13. The summed E-state index contributed by atoms with van der Waals surface area (Å²) in [7, 11) is 3.16. The van der Waals surface area contributed by atoms with Gasteiger partial charge in [-0.15, -0.1) is 0 Å². The molecule has 0 radical (unpaired) electrons. The number of aliphatic imine (C=N–C) groups is 1. The molecule has 24 heavy (non-hydrogen) atoms. The number of hydrogen-bond donors (Lipinski definition) is 1. The Kier molecular flexibility index (Phi) is 7.51. The predicted molar refractivity (Wildman–Crippen MR) is 89.6 cm³/mol. The number of carbonyl (C=O) groups excluding carboxylic acids is 1. The fraction of sp³-hybridized carbons (Fsp3) is 0.529. The number of nitrogens with zero attached hydrogens (tertiary/aromatic N) is 1. The number of ether oxygens (including phenoxy) is 4. The SMILES string of the molecule is COCCOC(=NCC1CCCO1)NC(=O)c1ccc(OC)cc1. The highest BCUT2D eigenvalue weighted by Gasteiger charge is 2.16. The third-order valence-corrected chi connectivity index (χ3v) is 3.56. The Balaban J connectivity index is 1.96. The molecular formula is C17H24N2O5. The van der Waals surface area contributed by atoms with Gasteiger partial charge in [0, 0.05) is 19.3 Å². The Morgan fingerprint density at radius 2 is 2.08 bits per heavy atom. The molecule has 1 fully saturated rings. The van der Waals surface area contributed by atoms with Gasteiger partial charge in [-0.2, -0.15) is 0 Å². The van der Waals surface area contributed by atoms with Gasteiger partial charge in [-0.1, -0.05) is 0 Å². The lowest BCUT2D eigenvalue weighted by molar-refractivity contribution is 0.0949. The summed E-state index contributed by atoms with van der Waals surface area (Å²) < 4.78 is 21.1. The standard InChI is InChI=1S/C17H24N2O5/c1-21-10-11-24-17(18-12-15-4-3-9-23-15)19-16(20)13-5-7-14(22-2)8-6-13/h5-8,15H,3-4,9-12H2,1-2H3,(H,18,19,20). The topological polar surface area (TPSA) is 78.4 Å². The number of hydrogen-bond acceptors (Lipinski definition) is 6. The summed E-state index contributed by atoms with van der Waals surface area (Å²) in [5, 5.41) is 2.69. The zero-order valence-electron chi connectivity index (χ0n) is 14.1. The van der Waals surface area contributed by atoms with Gasteiger partial charge in [0.25, 0.3) is 11.9 Å². The molecular weight excluding hydrogens is 312 g/mol. The van der Waals surface area contributed by atoms with Gasteiger partial charge in [0.05, 0.1) is 26.4 Å². The molecule has 0 spiro atoms. The largest absolute Gasteiger partial charge is 0.497 e. The van der Waals surface area contributed by atoms with E-state index in [2.05, 4.69) is 10.3 Å². The van der Waals surface area contributed by atoms with Crippen molar-refractivity contribution in [3.05, 3.63) is 29.8 Å². The molecule has 1 aliphatic heterocycles. The highest BCUT2D eigenvalue weighted by Crippen LogP contribution is 2.12. The van der Waals surface area contributed by atoms with Gasteiger partial charge in [0.2, 0.25) is 0 Å². The van der Waals surface area contributed by atoms with Crippen molar-refractivity contribution in [1.29, 1.82) is 0 Å². The van der Waals surface area contributed by atoms with E-state index in [0.29, 0.717) is 31.1 Å². The van der Waals surface area contributed by atoms with Gasteiger partial charge in [0.15, 0.2) is 0 Å². The van der Waals surface area contributed by atoms with Crippen molar-refractivity contribution in [1.82, 2.24) is 5.32 Å². The highest BCUT2D eigenvalue weighted by molar-refractivity contribution is 6.04. The smallest absolute Gasteiger partial charge is 0.291 e. The monoisotopic (exact) mass is 336 g/mol. The van der Waals surface area contributed by atoms with Crippen LogP contribution in [0.25, 0.3) is 0 Å². The van der Waals surface area contributed by atoms with Crippen LogP contribution in [0.4, 0.5) is 0 Å². The molecule has 7 nitrogen and oxygen atoms in total. The van der Waals surface area contributed by atoms with Crippen LogP contribution in [0.3, 0.4) is 0 Å². The summed E-state index contributed by atoms with van der Waals surface area (Å²) in [6.07, 6.45) is 2.10. The van der Waals surface area contributed by atoms with Crippen molar-refractivity contribution in [2.75, 3.05) is 40.6 Å². The highest BCUT2D eigenvalue weighted by atomic mass is 16.5. The maximum atomic E-state index is 12.3. The van der Waals surface area contributed by atoms with E-state index in [0.717, 1.165) is 19.4 Å². The molecule has 1 aromatic carbocycles. The van der Waals surface area contributed by atoms with E-state index in [4.69, 9.17) is 18.9 Å². The van der Waals surface area contributed by atoms with Crippen LogP contribution in [0.2, 0.25) is 0 Å². The van der Waals surface area contributed by atoms with E-state index < -0.39 is 0 Å². The van der Waals surface area contributed by atoms with Crippen molar-refractivity contribution >= 4 is 11.9 Å². The fourth-order valence-corrected chi connectivity index (χ4v) is 2.23. The van der Waals surface area contributed by atoms with Gasteiger partial charge in [-0.05, 0) is 37.1 Å². The van der Waals surface area contributed by atoms with E-state index in [1.54, 1.807) is 38.5 Å². The molecule has 1 aliphatic rings. The van der Waals surface area contributed by atoms with Crippen LogP contribution in [0.1, 0.15) is 23.2 Å². The second-order valence-electron chi connectivity index (χ2n) is 5.30. The van der Waals surface area contributed by atoms with Gasteiger partial charge in [0.1, 0.15) is 12.4 Å². The van der Waals surface area contributed by atoms with Gasteiger partial charge in [-0.25, -0.2) is 4.99 Å². The molecule has 1 N–H and O–H groups in total. The lowest BCUT2D eigenvalue weighted by Crippen LogP contribution is -2.34. The van der Waals surface area contributed by atoms with E-state index >= 15 is 0 Å². The number of nitrogens with one attached hydrogen (secondary N) is 1. The first-order valence-corrected chi connectivity index (χ1v) is 7.96. The quantitative estimate of drug-likeness (QED) is 0.465. The molecule has 1 amide bonds. The maximum absolute atomic E-state index is 12.3. The third-order valence-electron chi connectivity index (χ3n) is 3.56. The van der Waals surface area contributed by atoms with Gasteiger partial charge in [-0.3, -0.25) is 10.1 Å². The summed E-state index contributed by atoms with van der Waals surface area (Å²) in [5.41, 5.74) is 0.496. The lowest BCUT2D eigenvalue weighted by Gasteiger charge is -2.12. The number of amides is 1. The summed E-state index contributed by atoms with van der Waals surface area (Å²) in [5.74, 6) is 0.399. The molecule has 1 unspecified atom stereocenters.